The molecule has 0 saturated heterocycles. The van der Waals surface area contributed by atoms with Gasteiger partial charge in [-0.25, -0.2) is 14.2 Å². The van der Waals surface area contributed by atoms with Crippen molar-refractivity contribution in [3.05, 3.63) is 69.1 Å². The molecule has 2 aromatic carbocycles. The number of halogens is 6. The number of fused-ring (bicyclic) bond motifs is 5. The van der Waals surface area contributed by atoms with E-state index in [0.29, 0.717) is 40.4 Å². The number of anilines is 1. The van der Waals surface area contributed by atoms with Gasteiger partial charge in [0.1, 0.15) is 16.7 Å². The van der Waals surface area contributed by atoms with E-state index in [1.165, 1.54) is 18.2 Å². The maximum atomic E-state index is 14.2. The number of hydrogen-bond donors (Lipinski definition) is 2. The van der Waals surface area contributed by atoms with Crippen LogP contribution in [0.25, 0.3) is 16.6 Å². The summed E-state index contributed by atoms with van der Waals surface area (Å²) < 4.78 is 55.5. The zero-order chi connectivity index (χ0) is 27.0. The summed E-state index contributed by atoms with van der Waals surface area (Å²) in [6, 6.07) is 7.70. The van der Waals surface area contributed by atoms with Crippen LogP contribution < -0.4 is 10.6 Å². The number of amides is 1. The highest BCUT2D eigenvalue weighted by Crippen LogP contribution is 2.69. The van der Waals surface area contributed by atoms with Crippen molar-refractivity contribution < 1.29 is 27.2 Å². The Labute approximate surface area is 224 Å². The minimum Gasteiger partial charge on any atom is -0.364 e. The fourth-order valence-electron chi connectivity index (χ4n) is 6.51. The van der Waals surface area contributed by atoms with Gasteiger partial charge in [0.05, 0.1) is 22.4 Å². The third-order valence-electron chi connectivity index (χ3n) is 8.19. The molecular weight excluding hydrogens is 545 g/mol. The first-order valence-corrected chi connectivity index (χ1v) is 12.7. The molecule has 3 saturated carbocycles. The van der Waals surface area contributed by atoms with Gasteiger partial charge in [-0.05, 0) is 62.1 Å². The van der Waals surface area contributed by atoms with E-state index in [1.54, 1.807) is 18.2 Å². The van der Waals surface area contributed by atoms with E-state index >= 15 is 0 Å². The van der Waals surface area contributed by atoms with Crippen LogP contribution in [0.15, 0.2) is 36.4 Å². The number of alkyl halides is 3. The van der Waals surface area contributed by atoms with Crippen LogP contribution in [0.3, 0.4) is 0 Å². The molecule has 5 nitrogen and oxygen atoms in total. The predicted octanol–water partition coefficient (Wildman–Crippen LogP) is 7.00. The number of nitrogens with one attached hydrogen (secondary N) is 2. The van der Waals surface area contributed by atoms with Gasteiger partial charge in [0.2, 0.25) is 5.91 Å². The zero-order valence-corrected chi connectivity index (χ0v) is 21.1. The van der Waals surface area contributed by atoms with Gasteiger partial charge in [-0.3, -0.25) is 4.79 Å². The Morgan fingerprint density at radius 1 is 1.13 bits per heavy atom. The highest BCUT2D eigenvalue weighted by Gasteiger charge is 2.71. The lowest BCUT2D eigenvalue weighted by molar-refractivity contribution is -0.293. The normalized spacial score (nSPS) is 25.8. The lowest BCUT2D eigenvalue weighted by Gasteiger charge is -2.59. The molecule has 0 radical (unpaired) electrons. The van der Waals surface area contributed by atoms with Gasteiger partial charge >= 0.3 is 6.18 Å². The van der Waals surface area contributed by atoms with Crippen LogP contribution in [-0.2, 0) is 9.59 Å². The Morgan fingerprint density at radius 2 is 1.89 bits per heavy atom. The summed E-state index contributed by atoms with van der Waals surface area (Å²) in [4.78, 5) is 29.9. The summed E-state index contributed by atoms with van der Waals surface area (Å²) in [5, 5.41) is 6.77. The minimum atomic E-state index is -4.38. The van der Waals surface area contributed by atoms with Crippen LogP contribution in [0.4, 0.5) is 23.2 Å². The first kappa shape index (κ1) is 25.2. The molecule has 3 aliphatic carbocycles. The predicted molar refractivity (Wildman–Crippen MR) is 135 cm³/mol. The van der Waals surface area contributed by atoms with Crippen LogP contribution in [0.5, 0.6) is 0 Å². The average Bonchev–Trinajstić information content (AvgIpc) is 3.24. The fourth-order valence-corrected chi connectivity index (χ4v) is 6.89. The molecule has 3 aromatic rings. The average molecular weight is 564 g/mol. The summed E-state index contributed by atoms with van der Waals surface area (Å²) in [5.41, 5.74) is -1.27. The summed E-state index contributed by atoms with van der Waals surface area (Å²) in [6.45, 7) is 0. The number of pyridine rings is 1. The molecule has 2 heterocycles. The number of carbonyl (C=O) groups excluding carboxylic acids is 2. The molecule has 1 aliphatic heterocycles. The molecule has 1 atom stereocenters. The van der Waals surface area contributed by atoms with Gasteiger partial charge in [-0.1, -0.05) is 29.6 Å². The smallest absolute Gasteiger partial charge is 0.364 e. The SMILES string of the molecule is O=C=C1NC(c2cc(F)ccc2Cl)c2c(NC(=O)C34CCCC(C(F)(F)F)(C3)C4)cc3nc(Cl)ccc3c21. The quantitative estimate of drug-likeness (QED) is 0.204. The Bertz CT molecular complexity index is 1580. The van der Waals surface area contributed by atoms with E-state index in [1.807, 2.05) is 5.94 Å². The molecule has 0 spiro atoms. The summed E-state index contributed by atoms with van der Waals surface area (Å²) >= 11 is 12.5. The Hall–Kier alpha value is -3.13. The Kier molecular flexibility index (Phi) is 5.59. The first-order valence-electron chi connectivity index (χ1n) is 12.0. The molecule has 196 valence electrons. The molecular formula is C27H19Cl2F4N3O2. The highest BCUT2D eigenvalue weighted by molar-refractivity contribution is 6.31. The molecule has 2 N–H and O–H groups in total. The van der Waals surface area contributed by atoms with Crippen LogP contribution >= 0.6 is 23.2 Å². The highest BCUT2D eigenvalue weighted by atomic mass is 35.5. The Balaban J connectivity index is 1.49. The summed E-state index contributed by atoms with van der Waals surface area (Å²) in [7, 11) is 0. The minimum absolute atomic E-state index is 0.0108. The van der Waals surface area contributed by atoms with Gasteiger partial charge < -0.3 is 10.6 Å². The van der Waals surface area contributed by atoms with Gasteiger partial charge in [0, 0.05) is 32.8 Å². The second-order valence-corrected chi connectivity index (χ2v) is 11.1. The maximum absolute atomic E-state index is 14.2. The fraction of sp³-hybridized carbons (Fsp3) is 0.333. The van der Waals surface area contributed by atoms with Gasteiger partial charge in [0.15, 0.2) is 5.94 Å². The summed E-state index contributed by atoms with van der Waals surface area (Å²) in [6.07, 6.45) is -4.28. The van der Waals surface area contributed by atoms with Crippen LogP contribution in [0, 0.1) is 16.6 Å². The second kappa shape index (κ2) is 8.43. The molecule has 2 bridgehead atoms. The number of aromatic nitrogens is 1. The lowest BCUT2D eigenvalue weighted by Crippen LogP contribution is -2.61. The van der Waals surface area contributed by atoms with E-state index < -0.39 is 34.8 Å². The van der Waals surface area contributed by atoms with E-state index in [-0.39, 0.29) is 40.8 Å². The Morgan fingerprint density at radius 3 is 2.61 bits per heavy atom. The van der Waals surface area contributed by atoms with Crippen LogP contribution in [0.2, 0.25) is 10.2 Å². The molecule has 7 rings (SSSR count). The molecule has 4 aliphatic rings. The zero-order valence-electron chi connectivity index (χ0n) is 19.6. The van der Waals surface area contributed by atoms with E-state index in [9.17, 15) is 27.2 Å². The third-order valence-corrected chi connectivity index (χ3v) is 8.75. The number of nitrogens with zero attached hydrogens (tertiary/aromatic N) is 1. The van der Waals surface area contributed by atoms with Crippen molar-refractivity contribution in [1.29, 1.82) is 0 Å². The molecule has 1 aromatic heterocycles. The van der Waals surface area contributed by atoms with E-state index in [4.69, 9.17) is 23.2 Å². The van der Waals surface area contributed by atoms with Crippen molar-refractivity contribution in [2.24, 2.45) is 10.8 Å². The second-order valence-electron chi connectivity index (χ2n) is 10.4. The molecule has 38 heavy (non-hydrogen) atoms. The van der Waals surface area contributed by atoms with Crippen LogP contribution in [0.1, 0.15) is 54.8 Å². The molecule has 1 amide bonds. The first-order chi connectivity index (χ1) is 18.0. The van der Waals surface area contributed by atoms with Crippen molar-refractivity contribution >= 4 is 57.3 Å². The van der Waals surface area contributed by atoms with Crippen molar-refractivity contribution in [3.8, 4) is 0 Å². The van der Waals surface area contributed by atoms with Gasteiger partial charge in [-0.15, -0.1) is 0 Å². The van der Waals surface area contributed by atoms with Crippen molar-refractivity contribution in [2.75, 3.05) is 5.32 Å². The molecule has 1 unspecified atom stereocenters. The van der Waals surface area contributed by atoms with E-state index in [0.717, 1.165) is 0 Å². The molecule has 11 heteroatoms. The monoisotopic (exact) mass is 563 g/mol. The van der Waals surface area contributed by atoms with Gasteiger partial charge in [-0.2, -0.15) is 13.2 Å². The van der Waals surface area contributed by atoms with Crippen molar-refractivity contribution in [2.45, 2.75) is 44.3 Å². The van der Waals surface area contributed by atoms with Crippen LogP contribution in [-0.4, -0.2) is 23.0 Å². The number of benzene rings is 2. The van der Waals surface area contributed by atoms with Crippen molar-refractivity contribution in [1.82, 2.24) is 10.3 Å². The number of hydrogen-bond acceptors (Lipinski definition) is 4. The maximum Gasteiger partial charge on any atom is 0.394 e. The number of rotatable bonds is 3. The van der Waals surface area contributed by atoms with Gasteiger partial charge in [0.25, 0.3) is 0 Å². The lowest BCUT2D eigenvalue weighted by atomic mass is 9.45. The van der Waals surface area contributed by atoms with E-state index in [2.05, 4.69) is 15.6 Å². The van der Waals surface area contributed by atoms with Crippen molar-refractivity contribution in [3.63, 3.8) is 0 Å². The largest absolute Gasteiger partial charge is 0.394 e. The summed E-state index contributed by atoms with van der Waals surface area (Å²) in [5.74, 6) is 0.768. The standard InChI is InChI=1S/C27H19Cl2F4N3O2/c28-16-4-2-13(30)8-15(16)23-22-18(9-17-14(3-5-20(29)34-17)21(22)19(10-37)35-23)36-24(38)25-6-1-7-26(11-25,12-25)27(31,32)33/h2-5,8-9,23,35H,1,6-7,11-12H2,(H,36,38). The third kappa shape index (κ3) is 3.63. The number of carbonyl (C=O) groups is 1. The molecule has 3 fully saturated rings. The topological polar surface area (TPSA) is 71.1 Å².